The fourth-order valence-electron chi connectivity index (χ4n) is 3.56. The molecular formula is C23H24N4O. The number of hydrogen-bond acceptors (Lipinski definition) is 2. The van der Waals surface area contributed by atoms with Crippen molar-refractivity contribution in [1.82, 2.24) is 19.9 Å². The van der Waals surface area contributed by atoms with Crippen LogP contribution in [0.3, 0.4) is 0 Å². The number of fused-ring (bicyclic) bond motifs is 1. The summed E-state index contributed by atoms with van der Waals surface area (Å²) in [7, 11) is 0. The van der Waals surface area contributed by atoms with Gasteiger partial charge in [-0.1, -0.05) is 36.4 Å². The third kappa shape index (κ3) is 3.43. The number of para-hydroxylation sites is 1. The van der Waals surface area contributed by atoms with Crippen LogP contribution in [-0.2, 0) is 13.1 Å². The molecule has 0 aliphatic rings. The highest BCUT2D eigenvalue weighted by Crippen LogP contribution is 2.24. The Labute approximate surface area is 164 Å². The van der Waals surface area contributed by atoms with E-state index >= 15 is 0 Å². The number of aromatic amines is 1. The maximum Gasteiger partial charge on any atom is 0.253 e. The van der Waals surface area contributed by atoms with E-state index in [0.29, 0.717) is 12.1 Å². The van der Waals surface area contributed by atoms with Gasteiger partial charge in [0.15, 0.2) is 0 Å². The van der Waals surface area contributed by atoms with Gasteiger partial charge in [0.2, 0.25) is 0 Å². The average Bonchev–Trinajstić information content (AvgIpc) is 3.23. The molecule has 2 heterocycles. The van der Waals surface area contributed by atoms with Crippen LogP contribution in [0.4, 0.5) is 0 Å². The molecule has 0 aliphatic heterocycles. The fraction of sp³-hybridized carbons (Fsp3) is 0.217. The van der Waals surface area contributed by atoms with Gasteiger partial charge in [-0.25, -0.2) is 4.98 Å². The zero-order valence-electron chi connectivity index (χ0n) is 16.4. The quantitative estimate of drug-likeness (QED) is 0.550. The molecule has 1 amide bonds. The molecule has 5 heteroatoms. The van der Waals surface area contributed by atoms with Gasteiger partial charge in [-0.05, 0) is 43.5 Å². The second-order valence-electron chi connectivity index (χ2n) is 7.21. The standard InChI is InChI=1S/C23H24N4O/c1-15-16(2)26-22-20(15)8-5-9-21(22)23(28)25-13-18-6-4-7-19(12-18)14-27-11-10-24-17(27)3/h4-12,26H,13-14H2,1-3H3,(H,25,28). The number of amides is 1. The highest BCUT2D eigenvalue weighted by Gasteiger charge is 2.13. The summed E-state index contributed by atoms with van der Waals surface area (Å²) < 4.78 is 2.11. The summed E-state index contributed by atoms with van der Waals surface area (Å²) in [6, 6.07) is 14.1. The molecule has 0 atom stereocenters. The zero-order chi connectivity index (χ0) is 19.7. The first-order valence-electron chi connectivity index (χ1n) is 9.44. The van der Waals surface area contributed by atoms with Gasteiger partial charge in [0.25, 0.3) is 5.91 Å². The van der Waals surface area contributed by atoms with E-state index in [2.05, 4.69) is 38.9 Å². The number of rotatable bonds is 5. The minimum atomic E-state index is -0.0669. The Morgan fingerprint density at radius 3 is 2.68 bits per heavy atom. The summed E-state index contributed by atoms with van der Waals surface area (Å²) in [4.78, 5) is 20.4. The van der Waals surface area contributed by atoms with Crippen LogP contribution in [0.2, 0.25) is 0 Å². The van der Waals surface area contributed by atoms with Crippen LogP contribution >= 0.6 is 0 Å². The van der Waals surface area contributed by atoms with Gasteiger partial charge in [-0.15, -0.1) is 0 Å². The fourth-order valence-corrected chi connectivity index (χ4v) is 3.56. The minimum absolute atomic E-state index is 0.0669. The zero-order valence-corrected chi connectivity index (χ0v) is 16.4. The molecule has 0 saturated heterocycles. The number of aryl methyl sites for hydroxylation is 3. The van der Waals surface area contributed by atoms with E-state index in [1.165, 1.54) is 11.1 Å². The SMILES string of the molecule is Cc1[nH]c2c(C(=O)NCc3cccc(Cn4ccnc4C)c3)cccc2c1C. The Morgan fingerprint density at radius 2 is 1.89 bits per heavy atom. The van der Waals surface area contributed by atoms with E-state index in [4.69, 9.17) is 0 Å². The molecule has 142 valence electrons. The van der Waals surface area contributed by atoms with Crippen molar-refractivity contribution < 1.29 is 4.79 Å². The van der Waals surface area contributed by atoms with Crippen molar-refractivity contribution in [3.63, 3.8) is 0 Å². The van der Waals surface area contributed by atoms with Crippen molar-refractivity contribution in [3.05, 3.63) is 88.6 Å². The number of imidazole rings is 1. The molecule has 5 nitrogen and oxygen atoms in total. The van der Waals surface area contributed by atoms with Crippen LogP contribution in [0, 0.1) is 20.8 Å². The molecule has 2 aromatic carbocycles. The number of benzene rings is 2. The molecule has 0 aliphatic carbocycles. The largest absolute Gasteiger partial charge is 0.358 e. The van der Waals surface area contributed by atoms with Gasteiger partial charge in [-0.2, -0.15) is 0 Å². The average molecular weight is 372 g/mol. The number of nitrogens with one attached hydrogen (secondary N) is 2. The van der Waals surface area contributed by atoms with Gasteiger partial charge in [-0.3, -0.25) is 4.79 Å². The van der Waals surface area contributed by atoms with E-state index in [1.54, 1.807) is 0 Å². The van der Waals surface area contributed by atoms with Crippen molar-refractivity contribution in [3.8, 4) is 0 Å². The molecule has 4 rings (SSSR count). The second-order valence-corrected chi connectivity index (χ2v) is 7.21. The molecule has 0 unspecified atom stereocenters. The summed E-state index contributed by atoms with van der Waals surface area (Å²) >= 11 is 0. The van der Waals surface area contributed by atoms with Crippen LogP contribution in [0.25, 0.3) is 10.9 Å². The third-order valence-electron chi connectivity index (χ3n) is 5.31. The molecule has 0 spiro atoms. The highest BCUT2D eigenvalue weighted by atomic mass is 16.1. The van der Waals surface area contributed by atoms with Gasteiger partial charge in [0, 0.05) is 36.6 Å². The maximum atomic E-state index is 12.8. The van der Waals surface area contributed by atoms with E-state index in [1.807, 2.05) is 56.6 Å². The first kappa shape index (κ1) is 18.0. The van der Waals surface area contributed by atoms with Crippen molar-refractivity contribution >= 4 is 16.8 Å². The Bertz CT molecular complexity index is 1150. The number of nitrogens with zero attached hydrogens (tertiary/aromatic N) is 2. The molecule has 2 N–H and O–H groups in total. The monoisotopic (exact) mass is 372 g/mol. The lowest BCUT2D eigenvalue weighted by Gasteiger charge is -2.09. The van der Waals surface area contributed by atoms with Gasteiger partial charge >= 0.3 is 0 Å². The van der Waals surface area contributed by atoms with E-state index in [-0.39, 0.29) is 5.91 Å². The molecular weight excluding hydrogens is 348 g/mol. The number of carbonyl (C=O) groups is 1. The van der Waals surface area contributed by atoms with Crippen molar-refractivity contribution in [2.75, 3.05) is 0 Å². The molecule has 0 saturated carbocycles. The Kier molecular flexibility index (Phi) is 4.74. The lowest BCUT2D eigenvalue weighted by Crippen LogP contribution is -2.23. The first-order chi connectivity index (χ1) is 13.5. The summed E-state index contributed by atoms with van der Waals surface area (Å²) in [6.45, 7) is 7.36. The number of hydrogen-bond donors (Lipinski definition) is 2. The molecule has 28 heavy (non-hydrogen) atoms. The van der Waals surface area contributed by atoms with Crippen molar-refractivity contribution in [1.29, 1.82) is 0 Å². The van der Waals surface area contributed by atoms with Gasteiger partial charge in [0.05, 0.1) is 11.1 Å². The van der Waals surface area contributed by atoms with E-state index < -0.39 is 0 Å². The molecule has 0 radical (unpaired) electrons. The summed E-state index contributed by atoms with van der Waals surface area (Å²) in [5.41, 5.74) is 6.13. The first-order valence-corrected chi connectivity index (χ1v) is 9.44. The smallest absolute Gasteiger partial charge is 0.253 e. The number of carbonyl (C=O) groups excluding carboxylic acids is 1. The van der Waals surface area contributed by atoms with Crippen LogP contribution in [-0.4, -0.2) is 20.4 Å². The Hall–Kier alpha value is -3.34. The lowest BCUT2D eigenvalue weighted by atomic mass is 10.1. The summed E-state index contributed by atoms with van der Waals surface area (Å²) in [6.07, 6.45) is 3.79. The Balaban J connectivity index is 1.49. The minimum Gasteiger partial charge on any atom is -0.358 e. The topological polar surface area (TPSA) is 62.7 Å². The van der Waals surface area contributed by atoms with Crippen LogP contribution in [0.1, 0.15) is 38.6 Å². The second kappa shape index (κ2) is 7.35. The molecule has 4 aromatic rings. The molecule has 2 aromatic heterocycles. The van der Waals surface area contributed by atoms with Gasteiger partial charge in [0.1, 0.15) is 5.82 Å². The number of H-pyrrole nitrogens is 1. The van der Waals surface area contributed by atoms with E-state index in [0.717, 1.165) is 34.5 Å². The van der Waals surface area contributed by atoms with Gasteiger partial charge < -0.3 is 14.9 Å². The van der Waals surface area contributed by atoms with Crippen molar-refractivity contribution in [2.45, 2.75) is 33.9 Å². The predicted molar refractivity (Wildman–Crippen MR) is 111 cm³/mol. The summed E-state index contributed by atoms with van der Waals surface area (Å²) in [5, 5.41) is 4.16. The Morgan fingerprint density at radius 1 is 1.11 bits per heavy atom. The van der Waals surface area contributed by atoms with Crippen LogP contribution in [0.5, 0.6) is 0 Å². The highest BCUT2D eigenvalue weighted by molar-refractivity contribution is 6.06. The normalized spacial score (nSPS) is 11.1. The predicted octanol–water partition coefficient (Wildman–Crippen LogP) is 4.27. The molecule has 0 fully saturated rings. The van der Waals surface area contributed by atoms with E-state index in [9.17, 15) is 4.79 Å². The lowest BCUT2D eigenvalue weighted by molar-refractivity contribution is 0.0952. The molecule has 0 bridgehead atoms. The maximum absolute atomic E-state index is 12.8. The van der Waals surface area contributed by atoms with Crippen LogP contribution in [0.15, 0.2) is 54.9 Å². The third-order valence-corrected chi connectivity index (χ3v) is 5.31. The summed E-state index contributed by atoms with van der Waals surface area (Å²) in [5.74, 6) is 0.922. The van der Waals surface area contributed by atoms with Crippen LogP contribution < -0.4 is 5.32 Å². The van der Waals surface area contributed by atoms with Crippen molar-refractivity contribution in [2.24, 2.45) is 0 Å². The number of aromatic nitrogens is 3.